The van der Waals surface area contributed by atoms with Gasteiger partial charge < -0.3 is 48.7 Å². The van der Waals surface area contributed by atoms with Crippen molar-refractivity contribution in [1.29, 1.82) is 0 Å². The fraction of sp³-hybridized carbons (Fsp3) is 0.363. The van der Waals surface area contributed by atoms with Crippen LogP contribution < -0.4 is 41.8 Å². The lowest BCUT2D eigenvalue weighted by Gasteiger charge is -2.36. The lowest BCUT2D eigenvalue weighted by molar-refractivity contribution is 0.188. The van der Waals surface area contributed by atoms with Crippen molar-refractivity contribution >= 4 is 78.3 Å². The Morgan fingerprint density at radius 1 is 0.339 bits per heavy atom. The molecule has 16 aromatic heterocycles. The minimum Gasteiger partial charge on any atom is -0.453 e. The molecule has 0 bridgehead atoms. The molecule has 16 aromatic rings. The summed E-state index contributed by atoms with van der Waals surface area (Å²) in [6.45, 7) is 30.7. The summed E-state index contributed by atoms with van der Waals surface area (Å²) in [7, 11) is 4.28. The third kappa shape index (κ3) is 17.7. The van der Waals surface area contributed by atoms with Crippen LogP contribution in [-0.4, -0.2) is 263 Å². The van der Waals surface area contributed by atoms with Crippen LogP contribution in [0.25, 0.3) is 101 Å². The Labute approximate surface area is 713 Å². The van der Waals surface area contributed by atoms with E-state index in [0.29, 0.717) is 93.9 Å². The van der Waals surface area contributed by atoms with Gasteiger partial charge in [-0.05, 0) is 167 Å². The smallest absolute Gasteiger partial charge is 0.258 e. The van der Waals surface area contributed by atoms with Gasteiger partial charge in [0.1, 0.15) is 45.4 Å². The van der Waals surface area contributed by atoms with Crippen LogP contribution in [0.1, 0.15) is 58.4 Å². The highest BCUT2D eigenvalue weighted by molar-refractivity contribution is 5.85. The van der Waals surface area contributed by atoms with Crippen LogP contribution in [0.3, 0.4) is 0 Å². The van der Waals surface area contributed by atoms with Gasteiger partial charge in [0.25, 0.3) is 22.2 Å². The normalized spacial score (nSPS) is 15.3. The Balaban J connectivity index is 0.000000117. The number of furan rings is 2. The zero-order valence-corrected chi connectivity index (χ0v) is 71.5. The van der Waals surface area contributed by atoms with Crippen molar-refractivity contribution in [3.63, 3.8) is 0 Å². The Hall–Kier alpha value is -13.0. The van der Waals surface area contributed by atoms with E-state index in [1.54, 1.807) is 32.7 Å². The number of pyridine rings is 6. The first-order valence-electron chi connectivity index (χ1n) is 42.2. The number of aromatic nitrogens is 16. The third-order valence-electron chi connectivity index (χ3n) is 23.7. The van der Waals surface area contributed by atoms with E-state index in [4.69, 9.17) is 29.1 Å². The SMILES string of the molecule is Cc1cc2cc(-c3cc(=O)n4cc(N5CCC(N(C)C)CC5)ccc4n3)oc2c(C)n1.Cc1cc2cc(-c3cc(=O)n4cc(N5CCN(CCO)CC5)ccc4n3)oc2c(C)n1.Cc1cn2nc(-c3cc(=O)n4cc(N5CCN(CCO)CC5)ccc4n3)cc2c(C)n1.Cc1cn2nc(-c3cc(=O)n4cc(N5CCN(CCO)CC5)ccc4n3)cc2c(C)n1. The van der Waals surface area contributed by atoms with Gasteiger partial charge in [-0.25, -0.2) is 29.0 Å². The number of β-amino-alcohol motifs (C(OH)–C–C–N with tert-alkyl or cyclic N) is 3. The number of aliphatic hydroxyl groups is 3. The molecule has 0 saturated carbocycles. The molecule has 4 aliphatic rings. The summed E-state index contributed by atoms with van der Waals surface area (Å²) in [5.41, 5.74) is 19.7. The van der Waals surface area contributed by atoms with Crippen LogP contribution in [0.2, 0.25) is 0 Å². The fourth-order valence-electron chi connectivity index (χ4n) is 17.2. The topological polar surface area (TPSA) is 337 Å². The number of anilines is 4. The molecule has 20 heterocycles. The standard InChI is InChI=1S/C24H27N5O2.C23H25N5O3.2C22H25N7O2/c1-15-11-17-12-21(31-24(17)16(2)25-15)20-13-23(30)29-14-19(5-6-22(29)26-20)28-9-7-18(8-10-28)27(3)4;1-15-11-17-12-20(31-23(17)16(2)24-15)19-13-22(30)28-14-18(3-4-21(28)25-19)27-7-5-26(6-8-27)9-10-29;2*1-15-13-29-20(16(2)23-15)11-19(25-29)18-12-22(31)28-14-17(3-4-21(28)24-18)27-7-5-26(6-8-27)9-10-30/h5-6,11-14,18H,7-10H2,1-4H3;3-4,11-14,29H,5-10H2,1-2H3;2*3-4,11-14,30H,5-10H2,1-2H3. The molecule has 3 N–H and O–H groups in total. The summed E-state index contributed by atoms with van der Waals surface area (Å²) in [6.07, 6.45) is 13.5. The van der Waals surface area contributed by atoms with Crippen LogP contribution in [-0.2, 0) is 0 Å². The van der Waals surface area contributed by atoms with Crippen molar-refractivity contribution < 1.29 is 24.2 Å². The number of nitrogens with zero attached hydrogens (tertiary/aromatic N) is 24. The average Bonchev–Trinajstić information content (AvgIpc) is 1.54. The quantitative estimate of drug-likeness (QED) is 0.0871. The Morgan fingerprint density at radius 2 is 0.645 bits per heavy atom. The second-order valence-corrected chi connectivity index (χ2v) is 32.6. The molecule has 4 fully saturated rings. The van der Waals surface area contributed by atoms with Crippen LogP contribution in [0, 0.1) is 55.4 Å². The summed E-state index contributed by atoms with van der Waals surface area (Å²) in [5, 5.41) is 38.5. The highest BCUT2D eigenvalue weighted by Crippen LogP contribution is 2.33. The van der Waals surface area contributed by atoms with E-state index in [2.05, 4.69) is 104 Å². The van der Waals surface area contributed by atoms with E-state index in [0.717, 1.165) is 206 Å². The van der Waals surface area contributed by atoms with Gasteiger partial charge in [-0.3, -0.25) is 71.4 Å². The molecule has 0 aromatic carbocycles. The van der Waals surface area contributed by atoms with Crippen LogP contribution in [0.5, 0.6) is 0 Å². The minimum absolute atomic E-state index is 0.114. The number of rotatable bonds is 15. The number of aryl methyl sites for hydroxylation is 8. The molecule has 0 atom stereocenters. The van der Waals surface area contributed by atoms with Gasteiger partial charge in [0, 0.05) is 189 Å². The lowest BCUT2D eigenvalue weighted by Crippen LogP contribution is -2.47. The molecule has 20 rings (SSSR count). The molecular formula is C91H102N24O9. The zero-order chi connectivity index (χ0) is 86.3. The van der Waals surface area contributed by atoms with Gasteiger partial charge >= 0.3 is 0 Å². The molecule has 124 heavy (non-hydrogen) atoms. The first kappa shape index (κ1) is 83.3. The van der Waals surface area contributed by atoms with Crippen molar-refractivity contribution in [3.05, 3.63) is 233 Å². The Kier molecular flexibility index (Phi) is 23.8. The van der Waals surface area contributed by atoms with E-state index in [-0.39, 0.29) is 42.1 Å². The maximum Gasteiger partial charge on any atom is 0.258 e. The molecule has 640 valence electrons. The first-order chi connectivity index (χ1) is 59.9. The van der Waals surface area contributed by atoms with E-state index < -0.39 is 0 Å². The zero-order valence-electron chi connectivity index (χ0n) is 71.5. The first-order valence-corrected chi connectivity index (χ1v) is 42.2. The molecule has 33 heteroatoms. The Bertz CT molecular complexity index is 6440. The third-order valence-corrected chi connectivity index (χ3v) is 23.7. The lowest BCUT2D eigenvalue weighted by atomic mass is 10.0. The maximum atomic E-state index is 12.9. The maximum absolute atomic E-state index is 12.9. The van der Waals surface area contributed by atoms with Crippen LogP contribution >= 0.6 is 0 Å². The summed E-state index contributed by atoms with van der Waals surface area (Å²) in [6, 6.07) is 34.0. The second-order valence-electron chi connectivity index (χ2n) is 32.6. The van der Waals surface area contributed by atoms with Crippen LogP contribution in [0.4, 0.5) is 22.7 Å². The largest absolute Gasteiger partial charge is 0.453 e. The van der Waals surface area contributed by atoms with E-state index in [9.17, 15) is 19.2 Å². The highest BCUT2D eigenvalue weighted by atomic mass is 16.3. The molecule has 4 aliphatic heterocycles. The van der Waals surface area contributed by atoms with Crippen molar-refractivity contribution in [1.82, 2.24) is 96.3 Å². The van der Waals surface area contributed by atoms with Gasteiger partial charge in [0.2, 0.25) is 0 Å². The summed E-state index contributed by atoms with van der Waals surface area (Å²) >= 11 is 0. The number of piperazine rings is 3. The number of piperidine rings is 1. The molecule has 4 saturated heterocycles. The molecule has 0 radical (unpaired) electrons. The van der Waals surface area contributed by atoms with Gasteiger partial charge in [0.05, 0.1) is 112 Å². The minimum atomic E-state index is -0.146. The molecule has 0 unspecified atom stereocenters. The predicted molar refractivity (Wildman–Crippen MR) is 480 cm³/mol. The van der Waals surface area contributed by atoms with Crippen molar-refractivity contribution in [2.24, 2.45) is 0 Å². The van der Waals surface area contributed by atoms with Gasteiger partial charge in [-0.2, -0.15) is 10.2 Å². The molecule has 33 nitrogen and oxygen atoms in total. The molecule has 0 spiro atoms. The highest BCUT2D eigenvalue weighted by Gasteiger charge is 2.26. The summed E-state index contributed by atoms with van der Waals surface area (Å²) in [5.74, 6) is 1.15. The second kappa shape index (κ2) is 35.4. The summed E-state index contributed by atoms with van der Waals surface area (Å²) in [4.78, 5) is 106. The number of hydrogen-bond acceptors (Lipinski definition) is 27. The van der Waals surface area contributed by atoms with Gasteiger partial charge in [-0.1, -0.05) is 0 Å². The number of fused-ring (bicyclic) bond motifs is 8. The van der Waals surface area contributed by atoms with Gasteiger partial charge in [-0.15, -0.1) is 0 Å². The molecular weight excluding hydrogens is 1570 g/mol. The van der Waals surface area contributed by atoms with E-state index in [1.807, 2.05) is 171 Å². The van der Waals surface area contributed by atoms with Crippen LogP contribution in [0.15, 0.2) is 174 Å². The van der Waals surface area contributed by atoms with Crippen molar-refractivity contribution in [2.75, 3.05) is 165 Å². The average molecular weight is 1680 g/mol. The molecule has 0 aliphatic carbocycles. The van der Waals surface area contributed by atoms with E-state index >= 15 is 0 Å². The van der Waals surface area contributed by atoms with Crippen molar-refractivity contribution in [3.8, 4) is 45.7 Å². The Morgan fingerprint density at radius 3 is 0.968 bits per heavy atom. The fourth-order valence-corrected chi connectivity index (χ4v) is 17.2. The number of aliphatic hydroxyl groups excluding tert-OH is 3. The van der Waals surface area contributed by atoms with Gasteiger partial charge in [0.15, 0.2) is 22.7 Å². The number of hydrogen-bond donors (Lipinski definition) is 3. The molecule has 0 amide bonds. The van der Waals surface area contributed by atoms with Crippen molar-refractivity contribution in [2.45, 2.75) is 74.3 Å². The predicted octanol–water partition coefficient (Wildman–Crippen LogP) is 8.15. The van der Waals surface area contributed by atoms with E-state index in [1.165, 1.54) is 18.2 Å². The monoisotopic (exact) mass is 1670 g/mol. The summed E-state index contributed by atoms with van der Waals surface area (Å²) < 4.78 is 22.0.